The fraction of sp³-hybridized carbons (Fsp3) is 0.154. The molecule has 2 aromatic rings. The second-order valence-electron chi connectivity index (χ2n) is 4.07. The molecule has 0 atom stereocenters. The van der Waals surface area contributed by atoms with Crippen molar-refractivity contribution in [3.63, 3.8) is 0 Å². The van der Waals surface area contributed by atoms with Crippen LogP contribution in [0.4, 0.5) is 5.82 Å². The van der Waals surface area contributed by atoms with Gasteiger partial charge in [-0.05, 0) is 36.9 Å². The maximum Gasteiger partial charge on any atom is 0.215 e. The topological polar surface area (TPSA) is 122 Å². The van der Waals surface area contributed by atoms with E-state index in [4.69, 9.17) is 16.0 Å². The van der Waals surface area contributed by atoms with Gasteiger partial charge in [-0.25, -0.2) is 10.8 Å². The van der Waals surface area contributed by atoms with Gasteiger partial charge in [0.1, 0.15) is 11.4 Å². The maximum absolute atomic E-state index is 7.18. The highest BCUT2D eigenvalue weighted by Crippen LogP contribution is 2.28. The van der Waals surface area contributed by atoms with Crippen molar-refractivity contribution in [3.8, 4) is 5.75 Å². The fourth-order valence-corrected chi connectivity index (χ4v) is 2.24. The number of nitrogens with two attached hydrogens (primary N) is 1. The Balaban J connectivity index is 2.29. The molecule has 0 bridgehead atoms. The predicted octanol–water partition coefficient (Wildman–Crippen LogP) is 1.48. The van der Waals surface area contributed by atoms with Gasteiger partial charge in [0, 0.05) is 4.90 Å². The van der Waals surface area contributed by atoms with Gasteiger partial charge in [-0.1, -0.05) is 6.07 Å². The number of hydrazine groups is 1. The van der Waals surface area contributed by atoms with Crippen LogP contribution in [0.3, 0.4) is 0 Å². The average Bonchev–Trinajstić information content (AvgIpc) is 2.55. The highest BCUT2D eigenvalue weighted by molar-refractivity contribution is 7.99. The molecule has 2 rings (SSSR count). The Morgan fingerprint density at radius 3 is 2.95 bits per heavy atom. The van der Waals surface area contributed by atoms with Crippen molar-refractivity contribution in [2.45, 2.75) is 17.0 Å². The number of aromatic nitrogens is 3. The Morgan fingerprint density at radius 2 is 2.27 bits per heavy atom. The van der Waals surface area contributed by atoms with Gasteiger partial charge >= 0.3 is 0 Å². The smallest absolute Gasteiger partial charge is 0.215 e. The quantitative estimate of drug-likeness (QED) is 0.330. The van der Waals surface area contributed by atoms with Gasteiger partial charge in [-0.3, -0.25) is 0 Å². The molecule has 9 heteroatoms. The van der Waals surface area contributed by atoms with E-state index in [0.29, 0.717) is 16.7 Å². The lowest BCUT2D eigenvalue weighted by atomic mass is 10.3. The van der Waals surface area contributed by atoms with E-state index in [0.717, 1.165) is 16.9 Å². The predicted molar refractivity (Wildman–Crippen MR) is 84.9 cm³/mol. The summed E-state index contributed by atoms with van der Waals surface area (Å²) >= 11 is 1.34. The molecule has 0 unspecified atom stereocenters. The van der Waals surface area contributed by atoms with Gasteiger partial charge in [0.05, 0.1) is 13.3 Å². The molecular formula is C13H15N7OS. The summed E-state index contributed by atoms with van der Waals surface area (Å²) in [5, 5.41) is 15.7. The first-order chi connectivity index (χ1) is 10.7. The molecule has 0 amide bonds. The zero-order valence-corrected chi connectivity index (χ0v) is 12.9. The number of benzene rings is 1. The number of nitrogens with zero attached hydrogens (tertiary/aromatic N) is 4. The summed E-state index contributed by atoms with van der Waals surface area (Å²) < 4.78 is 5.18. The number of aryl methyl sites for hydroxylation is 1. The van der Waals surface area contributed by atoms with E-state index in [1.807, 2.05) is 24.3 Å². The molecule has 0 aliphatic rings. The summed E-state index contributed by atoms with van der Waals surface area (Å²) in [6.07, 6.45) is 0.996. The van der Waals surface area contributed by atoms with E-state index >= 15 is 0 Å². The van der Waals surface area contributed by atoms with Crippen molar-refractivity contribution < 1.29 is 4.74 Å². The molecule has 4 N–H and O–H groups in total. The Labute approximate surface area is 131 Å². The van der Waals surface area contributed by atoms with Crippen LogP contribution in [-0.2, 0) is 0 Å². The third kappa shape index (κ3) is 3.99. The van der Waals surface area contributed by atoms with Crippen molar-refractivity contribution in [2.24, 2.45) is 10.8 Å². The number of hydrogen-bond donors (Lipinski definition) is 3. The number of nitrogens with one attached hydrogen (secondary N) is 2. The molecule has 0 saturated heterocycles. The molecule has 1 heterocycles. The summed E-state index contributed by atoms with van der Waals surface area (Å²) in [7, 11) is 1.61. The molecule has 114 valence electrons. The molecule has 0 spiro atoms. The van der Waals surface area contributed by atoms with Gasteiger partial charge in [0.2, 0.25) is 5.16 Å². The highest BCUT2D eigenvalue weighted by Gasteiger charge is 2.08. The van der Waals surface area contributed by atoms with Gasteiger partial charge in [-0.2, -0.15) is 4.98 Å². The normalized spacial score (nSPS) is 11.1. The second kappa shape index (κ2) is 7.48. The lowest BCUT2D eigenvalue weighted by molar-refractivity contribution is 0.413. The lowest BCUT2D eigenvalue weighted by Gasteiger charge is -2.05. The zero-order valence-electron chi connectivity index (χ0n) is 12.1. The largest absolute Gasteiger partial charge is 0.497 e. The van der Waals surface area contributed by atoms with Crippen molar-refractivity contribution in [3.05, 3.63) is 30.0 Å². The van der Waals surface area contributed by atoms with Crippen molar-refractivity contribution in [2.75, 3.05) is 7.11 Å². The van der Waals surface area contributed by atoms with Crippen LogP contribution in [0, 0.1) is 12.3 Å². The summed E-state index contributed by atoms with van der Waals surface area (Å²) in [4.78, 5) is 9.36. The summed E-state index contributed by atoms with van der Waals surface area (Å²) in [5.41, 5.74) is 2.85. The third-order valence-corrected chi connectivity index (χ3v) is 3.42. The van der Waals surface area contributed by atoms with Crippen LogP contribution in [-0.4, -0.2) is 34.3 Å². The lowest BCUT2D eigenvalue weighted by Crippen LogP contribution is -2.30. The third-order valence-electron chi connectivity index (χ3n) is 2.57. The average molecular weight is 317 g/mol. The van der Waals surface area contributed by atoms with Gasteiger partial charge in [0.15, 0.2) is 11.7 Å². The zero-order chi connectivity index (χ0) is 15.9. The molecule has 1 aromatic carbocycles. The molecular weight excluding hydrogens is 302 g/mol. The highest BCUT2D eigenvalue weighted by atomic mass is 32.2. The van der Waals surface area contributed by atoms with Gasteiger partial charge in [-0.15, -0.1) is 10.2 Å². The van der Waals surface area contributed by atoms with Crippen molar-refractivity contribution in [1.82, 2.24) is 20.6 Å². The Hall–Kier alpha value is -2.52. The van der Waals surface area contributed by atoms with E-state index in [1.54, 1.807) is 14.0 Å². The number of methoxy groups -OCH3 is 1. The number of amidine groups is 1. The first kappa shape index (κ1) is 15.9. The Kier molecular flexibility index (Phi) is 5.39. The number of ether oxygens (including phenoxy) is 1. The standard InChI is InChI=1S/C13H15N7OS/c1-8-12(16-11(7-14)18-15)17-13(20-19-8)22-10-5-3-4-9(6-10)21-2/h3-7,14H,15H2,1-2H3,(H,16,17,18,20). The monoisotopic (exact) mass is 317 g/mol. The fourth-order valence-electron chi connectivity index (χ4n) is 1.50. The van der Waals surface area contributed by atoms with Crippen molar-refractivity contribution >= 4 is 29.6 Å². The first-order valence-electron chi connectivity index (χ1n) is 6.25. The first-order valence-corrected chi connectivity index (χ1v) is 7.07. The van der Waals surface area contributed by atoms with Gasteiger partial charge in [0.25, 0.3) is 0 Å². The molecule has 8 nitrogen and oxygen atoms in total. The number of rotatable bonds is 5. The molecule has 0 fully saturated rings. The van der Waals surface area contributed by atoms with E-state index in [2.05, 4.69) is 25.6 Å². The van der Waals surface area contributed by atoms with Crippen LogP contribution in [0.15, 0.2) is 39.3 Å². The molecule has 0 saturated carbocycles. The Bertz CT molecular complexity index is 705. The minimum absolute atomic E-state index is 0.181. The summed E-state index contributed by atoms with van der Waals surface area (Å²) in [6, 6.07) is 7.54. The van der Waals surface area contributed by atoms with Crippen LogP contribution in [0.25, 0.3) is 0 Å². The summed E-state index contributed by atoms with van der Waals surface area (Å²) in [6.45, 7) is 1.73. The Morgan fingerprint density at radius 1 is 1.45 bits per heavy atom. The molecule has 0 radical (unpaired) electrons. The van der Waals surface area contributed by atoms with Crippen molar-refractivity contribution in [1.29, 1.82) is 5.41 Å². The molecule has 22 heavy (non-hydrogen) atoms. The van der Waals surface area contributed by atoms with Crippen LogP contribution < -0.4 is 16.0 Å². The molecule has 0 aliphatic heterocycles. The molecule has 1 aromatic heterocycles. The van der Waals surface area contributed by atoms with Crippen LogP contribution in [0.2, 0.25) is 0 Å². The minimum Gasteiger partial charge on any atom is -0.497 e. The SMILES string of the molecule is COc1cccc(Sc2nnc(C)c(/N=C(/C=N)NN)n2)c1. The van der Waals surface area contributed by atoms with Gasteiger partial charge < -0.3 is 15.6 Å². The van der Waals surface area contributed by atoms with E-state index in [-0.39, 0.29) is 5.84 Å². The molecule has 0 aliphatic carbocycles. The van der Waals surface area contributed by atoms with Crippen LogP contribution >= 0.6 is 11.8 Å². The van der Waals surface area contributed by atoms with Crippen LogP contribution in [0.5, 0.6) is 5.75 Å². The minimum atomic E-state index is 0.181. The number of aliphatic imine (C=N–C) groups is 1. The van der Waals surface area contributed by atoms with E-state index < -0.39 is 0 Å². The van der Waals surface area contributed by atoms with E-state index in [1.165, 1.54) is 11.8 Å². The maximum atomic E-state index is 7.18. The second-order valence-corrected chi connectivity index (χ2v) is 5.11. The van der Waals surface area contributed by atoms with Crippen LogP contribution in [0.1, 0.15) is 5.69 Å². The summed E-state index contributed by atoms with van der Waals surface area (Å²) in [5.74, 6) is 6.55. The number of hydrogen-bond acceptors (Lipinski definition) is 8. The van der Waals surface area contributed by atoms with E-state index in [9.17, 15) is 0 Å².